The van der Waals surface area contributed by atoms with Crippen molar-refractivity contribution in [2.45, 2.75) is 25.8 Å². The summed E-state index contributed by atoms with van der Waals surface area (Å²) in [7, 11) is 0. The molecule has 2 aliphatic heterocycles. The summed E-state index contributed by atoms with van der Waals surface area (Å²) in [5.41, 5.74) is 0.733. The van der Waals surface area contributed by atoms with Crippen LogP contribution < -0.4 is 5.32 Å². The third kappa shape index (κ3) is 3.69. The van der Waals surface area contributed by atoms with Gasteiger partial charge in [0.2, 0.25) is 5.91 Å². The van der Waals surface area contributed by atoms with E-state index in [1.165, 1.54) is 0 Å². The van der Waals surface area contributed by atoms with Gasteiger partial charge in [-0.05, 0) is 36.6 Å². The fraction of sp³-hybridized carbons (Fsp3) is 0.455. The predicted octanol–water partition coefficient (Wildman–Crippen LogP) is 2.51. The van der Waals surface area contributed by atoms with Gasteiger partial charge in [0.05, 0.1) is 5.92 Å². The Labute approximate surface area is 160 Å². The number of rotatable bonds is 2. The number of hydrogen-bond acceptors (Lipinski definition) is 3. The maximum absolute atomic E-state index is 13.2. The minimum absolute atomic E-state index is 0.0398. The molecule has 2 fully saturated rings. The molecule has 2 aromatic rings. The van der Waals surface area contributed by atoms with E-state index in [9.17, 15) is 9.59 Å². The quantitative estimate of drug-likeness (QED) is 0.890. The summed E-state index contributed by atoms with van der Waals surface area (Å²) in [4.78, 5) is 30.0. The molecule has 2 atom stereocenters. The zero-order valence-electron chi connectivity index (χ0n) is 15.9. The molecule has 2 amide bonds. The van der Waals surface area contributed by atoms with Crippen LogP contribution in [0.1, 0.15) is 30.1 Å². The van der Waals surface area contributed by atoms with E-state index < -0.39 is 0 Å². The summed E-state index contributed by atoms with van der Waals surface area (Å²) >= 11 is 0. The lowest BCUT2D eigenvalue weighted by Crippen LogP contribution is -2.54. The van der Waals surface area contributed by atoms with Gasteiger partial charge in [-0.15, -0.1) is 0 Å². The minimum Gasteiger partial charge on any atom is -0.340 e. The van der Waals surface area contributed by atoms with Crippen molar-refractivity contribution in [3.05, 3.63) is 48.0 Å². The Bertz CT molecular complexity index is 845. The van der Waals surface area contributed by atoms with E-state index in [0.717, 1.165) is 55.4 Å². The molecule has 1 unspecified atom stereocenters. The van der Waals surface area contributed by atoms with Gasteiger partial charge in [-0.3, -0.25) is 9.59 Å². The maximum Gasteiger partial charge on any atom is 0.254 e. The third-order valence-electron chi connectivity index (χ3n) is 5.76. The lowest BCUT2D eigenvalue weighted by molar-refractivity contribution is -0.138. The predicted molar refractivity (Wildman–Crippen MR) is 107 cm³/mol. The maximum atomic E-state index is 13.2. The van der Waals surface area contributed by atoms with Crippen LogP contribution in [0.25, 0.3) is 10.8 Å². The summed E-state index contributed by atoms with van der Waals surface area (Å²) in [6.07, 6.45) is 1.75. The highest BCUT2D eigenvalue weighted by atomic mass is 16.2. The van der Waals surface area contributed by atoms with Crippen LogP contribution in [0, 0.1) is 5.92 Å². The summed E-state index contributed by atoms with van der Waals surface area (Å²) in [5.74, 6) is 0.166. The summed E-state index contributed by atoms with van der Waals surface area (Å²) < 4.78 is 0. The molecule has 142 valence electrons. The average Bonchev–Trinajstić information content (AvgIpc) is 2.72. The zero-order chi connectivity index (χ0) is 18.8. The van der Waals surface area contributed by atoms with Crippen LogP contribution in [0.3, 0.4) is 0 Å². The van der Waals surface area contributed by atoms with Gasteiger partial charge >= 0.3 is 0 Å². The zero-order valence-corrected chi connectivity index (χ0v) is 15.9. The number of fused-ring (bicyclic) bond motifs is 1. The fourth-order valence-electron chi connectivity index (χ4n) is 4.34. The Hall–Kier alpha value is -2.40. The topological polar surface area (TPSA) is 52.7 Å². The van der Waals surface area contributed by atoms with Gasteiger partial charge in [-0.25, -0.2) is 0 Å². The molecule has 2 heterocycles. The number of nitrogens with one attached hydrogen (secondary N) is 1. The highest BCUT2D eigenvalue weighted by Gasteiger charge is 2.33. The van der Waals surface area contributed by atoms with Crippen molar-refractivity contribution < 1.29 is 9.59 Å². The monoisotopic (exact) mass is 365 g/mol. The van der Waals surface area contributed by atoms with Crippen LogP contribution in [-0.4, -0.2) is 60.4 Å². The SMILES string of the molecule is C[C@@H]1CN(C(=O)C2CCCN(C(=O)c3cccc4ccccc34)C2)CCN1. The summed E-state index contributed by atoms with van der Waals surface area (Å²) in [6, 6.07) is 14.2. The molecule has 0 aromatic heterocycles. The number of carbonyl (C=O) groups excluding carboxylic acids is 2. The van der Waals surface area contributed by atoms with E-state index in [4.69, 9.17) is 0 Å². The fourth-order valence-corrected chi connectivity index (χ4v) is 4.34. The first kappa shape index (κ1) is 18.0. The molecule has 0 spiro atoms. The van der Waals surface area contributed by atoms with Crippen LogP contribution in [0.2, 0.25) is 0 Å². The number of amides is 2. The van der Waals surface area contributed by atoms with Gasteiger partial charge in [0.25, 0.3) is 5.91 Å². The van der Waals surface area contributed by atoms with Crippen molar-refractivity contribution in [1.82, 2.24) is 15.1 Å². The molecule has 0 saturated carbocycles. The number of carbonyl (C=O) groups is 2. The normalized spacial score (nSPS) is 23.4. The summed E-state index contributed by atoms with van der Waals surface area (Å²) in [6.45, 7) is 5.72. The molecular formula is C22H27N3O2. The Morgan fingerprint density at radius 2 is 1.81 bits per heavy atom. The van der Waals surface area contributed by atoms with Gasteiger partial charge in [-0.1, -0.05) is 36.4 Å². The van der Waals surface area contributed by atoms with Gasteiger partial charge in [0, 0.05) is 44.3 Å². The highest BCUT2D eigenvalue weighted by Crippen LogP contribution is 2.24. The molecule has 2 aliphatic rings. The molecule has 5 heteroatoms. The van der Waals surface area contributed by atoms with Crippen LogP contribution >= 0.6 is 0 Å². The van der Waals surface area contributed by atoms with E-state index in [1.807, 2.05) is 52.3 Å². The van der Waals surface area contributed by atoms with Crippen molar-refractivity contribution in [3.8, 4) is 0 Å². The number of benzene rings is 2. The number of piperidine rings is 1. The molecular weight excluding hydrogens is 338 g/mol. The number of piperazine rings is 1. The second-order valence-corrected chi connectivity index (χ2v) is 7.76. The van der Waals surface area contributed by atoms with E-state index in [-0.39, 0.29) is 17.7 Å². The molecule has 0 aliphatic carbocycles. The Kier molecular flexibility index (Phi) is 5.12. The highest BCUT2D eigenvalue weighted by molar-refractivity contribution is 6.07. The molecule has 2 saturated heterocycles. The number of likely N-dealkylation sites (tertiary alicyclic amines) is 1. The van der Waals surface area contributed by atoms with Gasteiger partial charge < -0.3 is 15.1 Å². The van der Waals surface area contributed by atoms with E-state index in [2.05, 4.69) is 12.2 Å². The van der Waals surface area contributed by atoms with E-state index >= 15 is 0 Å². The second kappa shape index (κ2) is 7.69. The second-order valence-electron chi connectivity index (χ2n) is 7.76. The molecule has 5 nitrogen and oxygen atoms in total. The number of hydrogen-bond donors (Lipinski definition) is 1. The van der Waals surface area contributed by atoms with Crippen LogP contribution in [0.5, 0.6) is 0 Å². The lowest BCUT2D eigenvalue weighted by Gasteiger charge is -2.38. The number of nitrogens with zero attached hydrogens (tertiary/aromatic N) is 2. The molecule has 0 radical (unpaired) electrons. The molecule has 4 rings (SSSR count). The van der Waals surface area contributed by atoms with Crippen molar-refractivity contribution in [3.63, 3.8) is 0 Å². The van der Waals surface area contributed by atoms with Gasteiger partial charge in [-0.2, -0.15) is 0 Å². The molecule has 1 N–H and O–H groups in total. The first-order valence-electron chi connectivity index (χ1n) is 9.92. The molecule has 2 aromatic carbocycles. The lowest BCUT2D eigenvalue weighted by atomic mass is 9.94. The van der Waals surface area contributed by atoms with Crippen LogP contribution in [0.4, 0.5) is 0 Å². The summed E-state index contributed by atoms with van der Waals surface area (Å²) in [5, 5.41) is 5.43. The van der Waals surface area contributed by atoms with Crippen LogP contribution in [-0.2, 0) is 4.79 Å². The van der Waals surface area contributed by atoms with Crippen molar-refractivity contribution in [1.29, 1.82) is 0 Å². The first-order chi connectivity index (χ1) is 13.1. The average molecular weight is 365 g/mol. The first-order valence-corrected chi connectivity index (χ1v) is 9.92. The Morgan fingerprint density at radius 1 is 1.00 bits per heavy atom. The van der Waals surface area contributed by atoms with Crippen molar-refractivity contribution in [2.24, 2.45) is 5.92 Å². The molecule has 27 heavy (non-hydrogen) atoms. The van der Waals surface area contributed by atoms with E-state index in [1.54, 1.807) is 0 Å². The third-order valence-corrected chi connectivity index (χ3v) is 5.76. The smallest absolute Gasteiger partial charge is 0.254 e. The van der Waals surface area contributed by atoms with Gasteiger partial charge in [0.15, 0.2) is 0 Å². The standard InChI is InChI=1S/C22H27N3O2/c1-16-14-25(13-11-23-16)21(26)18-8-5-12-24(15-18)22(27)20-10-4-7-17-6-2-3-9-19(17)20/h2-4,6-7,9-10,16,18,23H,5,8,11-15H2,1H3/t16-,18?/m1/s1. The Morgan fingerprint density at radius 3 is 2.67 bits per heavy atom. The van der Waals surface area contributed by atoms with Crippen LogP contribution in [0.15, 0.2) is 42.5 Å². The van der Waals surface area contributed by atoms with Gasteiger partial charge in [0.1, 0.15) is 0 Å². The largest absolute Gasteiger partial charge is 0.340 e. The Balaban J connectivity index is 1.50. The van der Waals surface area contributed by atoms with E-state index in [0.29, 0.717) is 12.6 Å². The van der Waals surface area contributed by atoms with Crippen molar-refractivity contribution in [2.75, 3.05) is 32.7 Å². The van der Waals surface area contributed by atoms with Crippen molar-refractivity contribution >= 4 is 22.6 Å². The molecule has 0 bridgehead atoms. The minimum atomic E-state index is -0.0806.